The Kier molecular flexibility index (Phi) is 3.94. The third-order valence-electron chi connectivity index (χ3n) is 4.67. The van der Waals surface area contributed by atoms with Crippen molar-refractivity contribution >= 4 is 0 Å². The number of aryl methyl sites for hydroxylation is 1. The van der Waals surface area contributed by atoms with Crippen LogP contribution >= 0.6 is 0 Å². The summed E-state index contributed by atoms with van der Waals surface area (Å²) in [4.78, 5) is 7.26. The Morgan fingerprint density at radius 3 is 2.90 bits per heavy atom. The number of nitrogens with one attached hydrogen (secondary N) is 1. The van der Waals surface area contributed by atoms with Gasteiger partial charge in [-0.2, -0.15) is 0 Å². The standard InChI is InChI=1S/C16H25N3O/c1-11-8-18-14(12(2)16(11)20-3)10-19-7-6-17-9-15(19)13-4-5-13/h8,13,15,17H,4-7,9-10H2,1-3H3. The quantitative estimate of drug-likeness (QED) is 0.910. The highest BCUT2D eigenvalue weighted by Gasteiger charge is 2.36. The largest absolute Gasteiger partial charge is 0.496 e. The Morgan fingerprint density at radius 2 is 2.20 bits per heavy atom. The van der Waals surface area contributed by atoms with Gasteiger partial charge in [-0.15, -0.1) is 0 Å². The lowest BCUT2D eigenvalue weighted by molar-refractivity contribution is 0.133. The summed E-state index contributed by atoms with van der Waals surface area (Å²) in [5.74, 6) is 1.89. The lowest BCUT2D eigenvalue weighted by Crippen LogP contribution is -2.51. The molecule has 3 rings (SSSR count). The molecule has 1 saturated heterocycles. The number of hydrogen-bond donors (Lipinski definition) is 1. The first-order valence-electron chi connectivity index (χ1n) is 7.64. The minimum absolute atomic E-state index is 0.692. The van der Waals surface area contributed by atoms with E-state index in [-0.39, 0.29) is 0 Å². The fourth-order valence-electron chi connectivity index (χ4n) is 3.33. The molecule has 1 aromatic heterocycles. The van der Waals surface area contributed by atoms with E-state index < -0.39 is 0 Å². The first kappa shape index (κ1) is 13.8. The molecule has 0 spiro atoms. The molecule has 0 aromatic carbocycles. The second-order valence-corrected chi connectivity index (χ2v) is 6.13. The third kappa shape index (κ3) is 2.67. The minimum atomic E-state index is 0.692. The minimum Gasteiger partial charge on any atom is -0.496 e. The number of rotatable bonds is 4. The fraction of sp³-hybridized carbons (Fsp3) is 0.688. The second-order valence-electron chi connectivity index (χ2n) is 6.13. The fourth-order valence-corrected chi connectivity index (χ4v) is 3.33. The summed E-state index contributed by atoms with van der Waals surface area (Å²) in [6.45, 7) is 8.48. The van der Waals surface area contributed by atoms with Crippen LogP contribution in [0.4, 0.5) is 0 Å². The predicted octanol–water partition coefficient (Wildman–Crippen LogP) is 1.89. The zero-order chi connectivity index (χ0) is 14.1. The van der Waals surface area contributed by atoms with Gasteiger partial charge < -0.3 is 10.1 Å². The van der Waals surface area contributed by atoms with Crippen LogP contribution in [-0.2, 0) is 6.54 Å². The van der Waals surface area contributed by atoms with E-state index in [1.165, 1.54) is 24.1 Å². The molecule has 110 valence electrons. The summed E-state index contributed by atoms with van der Waals surface area (Å²) in [6, 6.07) is 0.692. The molecule has 1 unspecified atom stereocenters. The van der Waals surface area contributed by atoms with E-state index in [0.717, 1.165) is 43.4 Å². The van der Waals surface area contributed by atoms with Crippen LogP contribution in [0.15, 0.2) is 6.20 Å². The summed E-state index contributed by atoms with van der Waals surface area (Å²) in [5, 5.41) is 3.53. The van der Waals surface area contributed by atoms with Crippen LogP contribution in [0, 0.1) is 19.8 Å². The maximum Gasteiger partial charge on any atom is 0.128 e. The Hall–Kier alpha value is -1.13. The average molecular weight is 275 g/mol. The molecule has 0 bridgehead atoms. The van der Waals surface area contributed by atoms with Gasteiger partial charge in [0.25, 0.3) is 0 Å². The molecular formula is C16H25N3O. The molecule has 1 aliphatic heterocycles. The van der Waals surface area contributed by atoms with Crippen LogP contribution in [0.3, 0.4) is 0 Å². The zero-order valence-corrected chi connectivity index (χ0v) is 12.8. The van der Waals surface area contributed by atoms with E-state index in [4.69, 9.17) is 4.74 Å². The van der Waals surface area contributed by atoms with Crippen molar-refractivity contribution in [2.75, 3.05) is 26.7 Å². The molecule has 1 atom stereocenters. The molecule has 4 heteroatoms. The van der Waals surface area contributed by atoms with Gasteiger partial charge in [-0.3, -0.25) is 9.88 Å². The summed E-state index contributed by atoms with van der Waals surface area (Å²) in [7, 11) is 1.75. The highest BCUT2D eigenvalue weighted by molar-refractivity contribution is 5.41. The number of pyridine rings is 1. The highest BCUT2D eigenvalue weighted by atomic mass is 16.5. The first-order chi connectivity index (χ1) is 9.70. The molecular weight excluding hydrogens is 250 g/mol. The van der Waals surface area contributed by atoms with E-state index in [1.54, 1.807) is 7.11 Å². The maximum atomic E-state index is 5.52. The molecule has 4 nitrogen and oxygen atoms in total. The summed E-state index contributed by atoms with van der Waals surface area (Å²) in [6.07, 6.45) is 4.73. The van der Waals surface area contributed by atoms with E-state index in [9.17, 15) is 0 Å². The SMILES string of the molecule is COc1c(C)cnc(CN2CCNCC2C2CC2)c1C. The first-order valence-corrected chi connectivity index (χ1v) is 7.64. The van der Waals surface area contributed by atoms with Gasteiger partial charge in [0.15, 0.2) is 0 Å². The number of aromatic nitrogens is 1. The predicted molar refractivity (Wildman–Crippen MR) is 80.1 cm³/mol. The molecule has 2 fully saturated rings. The van der Waals surface area contributed by atoms with Gasteiger partial charge in [-0.05, 0) is 32.6 Å². The summed E-state index contributed by atoms with van der Waals surface area (Å²) >= 11 is 0. The van der Waals surface area contributed by atoms with Crippen LogP contribution < -0.4 is 10.1 Å². The van der Waals surface area contributed by atoms with Crippen molar-refractivity contribution in [1.29, 1.82) is 0 Å². The monoisotopic (exact) mass is 275 g/mol. The van der Waals surface area contributed by atoms with Gasteiger partial charge in [-0.25, -0.2) is 0 Å². The molecule has 2 heterocycles. The van der Waals surface area contributed by atoms with Crippen LogP contribution in [0.25, 0.3) is 0 Å². The maximum absolute atomic E-state index is 5.52. The van der Waals surface area contributed by atoms with Gasteiger partial charge in [0.2, 0.25) is 0 Å². The van der Waals surface area contributed by atoms with Crippen LogP contribution in [-0.4, -0.2) is 42.7 Å². The topological polar surface area (TPSA) is 37.4 Å². The summed E-state index contributed by atoms with van der Waals surface area (Å²) in [5.41, 5.74) is 3.48. The number of nitrogens with zero attached hydrogens (tertiary/aromatic N) is 2. The molecule has 1 saturated carbocycles. The van der Waals surface area contributed by atoms with Crippen molar-refractivity contribution < 1.29 is 4.74 Å². The second kappa shape index (κ2) is 5.70. The van der Waals surface area contributed by atoms with E-state index in [2.05, 4.69) is 29.0 Å². The third-order valence-corrected chi connectivity index (χ3v) is 4.67. The molecule has 2 aliphatic rings. The van der Waals surface area contributed by atoms with Crippen molar-refractivity contribution in [2.45, 2.75) is 39.3 Å². The Bertz CT molecular complexity index is 485. The molecule has 0 radical (unpaired) electrons. The van der Waals surface area contributed by atoms with Crippen LogP contribution in [0.1, 0.15) is 29.7 Å². The van der Waals surface area contributed by atoms with E-state index in [1.807, 2.05) is 6.20 Å². The van der Waals surface area contributed by atoms with E-state index in [0.29, 0.717) is 6.04 Å². The smallest absolute Gasteiger partial charge is 0.128 e. The van der Waals surface area contributed by atoms with Crippen LogP contribution in [0.5, 0.6) is 5.75 Å². The van der Waals surface area contributed by atoms with Gasteiger partial charge in [-0.1, -0.05) is 0 Å². The van der Waals surface area contributed by atoms with Gasteiger partial charge in [0.05, 0.1) is 12.8 Å². The molecule has 20 heavy (non-hydrogen) atoms. The van der Waals surface area contributed by atoms with Gasteiger partial charge >= 0.3 is 0 Å². The van der Waals surface area contributed by atoms with Crippen LogP contribution in [0.2, 0.25) is 0 Å². The van der Waals surface area contributed by atoms with Crippen molar-refractivity contribution in [3.05, 3.63) is 23.0 Å². The van der Waals surface area contributed by atoms with Gasteiger partial charge in [0, 0.05) is 49.5 Å². The van der Waals surface area contributed by atoms with Crippen molar-refractivity contribution in [3.8, 4) is 5.75 Å². The van der Waals surface area contributed by atoms with Crippen molar-refractivity contribution in [1.82, 2.24) is 15.2 Å². The zero-order valence-electron chi connectivity index (χ0n) is 12.8. The molecule has 1 aromatic rings. The number of piperazine rings is 1. The highest BCUT2D eigenvalue weighted by Crippen LogP contribution is 2.36. The Balaban J connectivity index is 1.79. The summed E-state index contributed by atoms with van der Waals surface area (Å²) < 4.78 is 5.52. The lowest BCUT2D eigenvalue weighted by atomic mass is 10.1. The molecule has 1 N–H and O–H groups in total. The van der Waals surface area contributed by atoms with Crippen molar-refractivity contribution in [3.63, 3.8) is 0 Å². The normalized spacial score (nSPS) is 23.9. The molecule has 1 aliphatic carbocycles. The Labute approximate surface area is 121 Å². The van der Waals surface area contributed by atoms with Crippen molar-refractivity contribution in [2.24, 2.45) is 5.92 Å². The number of hydrogen-bond acceptors (Lipinski definition) is 4. The van der Waals surface area contributed by atoms with Gasteiger partial charge in [0.1, 0.15) is 5.75 Å². The Morgan fingerprint density at radius 1 is 1.40 bits per heavy atom. The average Bonchev–Trinajstić information content (AvgIpc) is 3.28. The molecule has 0 amide bonds. The van der Waals surface area contributed by atoms with E-state index >= 15 is 0 Å². The lowest BCUT2D eigenvalue weighted by Gasteiger charge is -2.36. The number of ether oxygens (including phenoxy) is 1. The number of methoxy groups -OCH3 is 1.